The molecule has 2 heterocycles. The molecule has 4 aromatic rings. The molecule has 2 amide bonds. The van der Waals surface area contributed by atoms with Gasteiger partial charge in [0.25, 0.3) is 5.91 Å². The number of carbonyl (C=O) groups is 2. The topological polar surface area (TPSA) is 84.2 Å². The number of fused-ring (bicyclic) bond motifs is 1. The number of furan rings is 1. The van der Waals surface area contributed by atoms with Crippen molar-refractivity contribution in [3.8, 4) is 0 Å². The molecular formula is C24H19Cl2N3O3. The lowest BCUT2D eigenvalue weighted by atomic mass is 10.1. The van der Waals surface area contributed by atoms with E-state index in [9.17, 15) is 9.59 Å². The molecule has 2 N–H and O–H groups in total. The minimum absolute atomic E-state index is 0.138. The Morgan fingerprint density at radius 2 is 1.75 bits per heavy atom. The van der Waals surface area contributed by atoms with E-state index in [-0.39, 0.29) is 27.9 Å². The van der Waals surface area contributed by atoms with Gasteiger partial charge in [-0.3, -0.25) is 14.6 Å². The highest BCUT2D eigenvalue weighted by molar-refractivity contribution is 6.40. The molecule has 2 aromatic heterocycles. The van der Waals surface area contributed by atoms with Gasteiger partial charge in [0.05, 0.1) is 40.0 Å². The van der Waals surface area contributed by atoms with Gasteiger partial charge in [0.15, 0.2) is 5.58 Å². The van der Waals surface area contributed by atoms with E-state index in [1.54, 1.807) is 43.5 Å². The van der Waals surface area contributed by atoms with E-state index in [2.05, 4.69) is 15.6 Å². The first-order chi connectivity index (χ1) is 15.4. The Hall–Kier alpha value is -3.35. The van der Waals surface area contributed by atoms with Crippen LogP contribution in [0.3, 0.4) is 0 Å². The summed E-state index contributed by atoms with van der Waals surface area (Å²) in [7, 11) is 0. The van der Waals surface area contributed by atoms with Crippen LogP contribution in [-0.2, 0) is 17.8 Å². The summed E-state index contributed by atoms with van der Waals surface area (Å²) in [5.74, 6) is 0.000934. The van der Waals surface area contributed by atoms with Crippen LogP contribution in [0.5, 0.6) is 0 Å². The van der Waals surface area contributed by atoms with Crippen LogP contribution in [0.1, 0.15) is 27.4 Å². The van der Waals surface area contributed by atoms with Crippen LogP contribution in [-0.4, -0.2) is 16.8 Å². The van der Waals surface area contributed by atoms with Gasteiger partial charge in [-0.2, -0.15) is 0 Å². The summed E-state index contributed by atoms with van der Waals surface area (Å²) in [6.07, 6.45) is 1.82. The Kier molecular flexibility index (Phi) is 6.44. The Morgan fingerprint density at radius 3 is 2.47 bits per heavy atom. The van der Waals surface area contributed by atoms with Crippen molar-refractivity contribution in [2.75, 3.05) is 5.32 Å². The predicted molar refractivity (Wildman–Crippen MR) is 125 cm³/mol. The molecule has 0 bridgehead atoms. The van der Waals surface area contributed by atoms with E-state index < -0.39 is 5.91 Å². The minimum atomic E-state index is -0.447. The van der Waals surface area contributed by atoms with Gasteiger partial charge in [-0.25, -0.2) is 0 Å². The molecule has 8 heteroatoms. The van der Waals surface area contributed by atoms with Crippen molar-refractivity contribution in [3.05, 3.63) is 93.4 Å². The number of hydrogen-bond donors (Lipinski definition) is 2. The molecule has 2 aromatic carbocycles. The van der Waals surface area contributed by atoms with Crippen molar-refractivity contribution in [2.45, 2.75) is 19.9 Å². The molecule has 0 unspecified atom stereocenters. The van der Waals surface area contributed by atoms with Crippen molar-refractivity contribution in [1.29, 1.82) is 0 Å². The number of aryl methyl sites for hydroxylation is 1. The minimum Gasteiger partial charge on any atom is -0.459 e. The van der Waals surface area contributed by atoms with Gasteiger partial charge in [0, 0.05) is 17.1 Å². The number of pyridine rings is 1. The first-order valence-electron chi connectivity index (χ1n) is 9.87. The van der Waals surface area contributed by atoms with E-state index >= 15 is 0 Å². The highest BCUT2D eigenvalue weighted by atomic mass is 35.5. The highest BCUT2D eigenvalue weighted by Crippen LogP contribution is 2.33. The van der Waals surface area contributed by atoms with E-state index in [1.165, 1.54) is 0 Å². The number of carbonyl (C=O) groups excluding carboxylic acids is 2. The zero-order chi connectivity index (χ0) is 22.7. The number of para-hydroxylation sites is 1. The molecule has 0 aliphatic rings. The molecular weight excluding hydrogens is 449 g/mol. The van der Waals surface area contributed by atoms with Crippen molar-refractivity contribution in [3.63, 3.8) is 0 Å². The molecule has 0 atom stereocenters. The van der Waals surface area contributed by atoms with Crippen molar-refractivity contribution in [1.82, 2.24) is 10.3 Å². The van der Waals surface area contributed by atoms with Crippen LogP contribution in [0, 0.1) is 6.92 Å². The highest BCUT2D eigenvalue weighted by Gasteiger charge is 2.20. The third-order valence-corrected chi connectivity index (χ3v) is 5.62. The molecule has 0 fully saturated rings. The van der Waals surface area contributed by atoms with Crippen molar-refractivity contribution >= 4 is 51.7 Å². The Morgan fingerprint density at radius 1 is 1.00 bits per heavy atom. The second-order valence-corrected chi connectivity index (χ2v) is 7.96. The number of hydrogen-bond acceptors (Lipinski definition) is 4. The van der Waals surface area contributed by atoms with Gasteiger partial charge in [0.1, 0.15) is 5.76 Å². The Balaban J connectivity index is 1.55. The summed E-state index contributed by atoms with van der Waals surface area (Å²) in [5, 5.41) is 6.94. The van der Waals surface area contributed by atoms with Crippen LogP contribution in [0.2, 0.25) is 10.0 Å². The second-order valence-electron chi connectivity index (χ2n) is 7.14. The first kappa shape index (κ1) is 21.9. The van der Waals surface area contributed by atoms with Crippen molar-refractivity contribution in [2.24, 2.45) is 0 Å². The maximum Gasteiger partial charge on any atom is 0.258 e. The molecule has 32 heavy (non-hydrogen) atoms. The number of halogens is 2. The van der Waals surface area contributed by atoms with Gasteiger partial charge in [-0.05, 0) is 37.3 Å². The lowest BCUT2D eigenvalue weighted by Crippen LogP contribution is -2.25. The van der Waals surface area contributed by atoms with Gasteiger partial charge in [0.2, 0.25) is 5.91 Å². The molecule has 162 valence electrons. The fourth-order valence-electron chi connectivity index (χ4n) is 3.42. The second kappa shape index (κ2) is 9.42. The van der Waals surface area contributed by atoms with E-state index in [1.807, 2.05) is 24.3 Å². The van der Waals surface area contributed by atoms with E-state index in [0.717, 1.165) is 16.6 Å². The number of anilines is 1. The van der Waals surface area contributed by atoms with E-state index in [4.69, 9.17) is 27.6 Å². The third-order valence-electron chi connectivity index (χ3n) is 4.99. The summed E-state index contributed by atoms with van der Waals surface area (Å²) in [6, 6.07) is 15.8. The Labute approximate surface area is 194 Å². The summed E-state index contributed by atoms with van der Waals surface area (Å²) in [5.41, 5.74) is 2.66. The summed E-state index contributed by atoms with van der Waals surface area (Å²) in [6.45, 7) is 2.13. The number of nitrogens with one attached hydrogen (secondary N) is 2. The number of amides is 2. The molecule has 0 radical (unpaired) electrons. The maximum absolute atomic E-state index is 12.8. The fraction of sp³-hybridized carbons (Fsp3) is 0.125. The average Bonchev–Trinajstić information content (AvgIpc) is 3.09. The van der Waals surface area contributed by atoms with Crippen LogP contribution in [0.25, 0.3) is 11.0 Å². The molecule has 4 rings (SSSR count). The Bertz CT molecular complexity index is 1280. The largest absolute Gasteiger partial charge is 0.459 e. The average molecular weight is 468 g/mol. The smallest absolute Gasteiger partial charge is 0.258 e. The lowest BCUT2D eigenvalue weighted by molar-refractivity contribution is -0.120. The van der Waals surface area contributed by atoms with Gasteiger partial charge in [-0.1, -0.05) is 47.5 Å². The molecule has 0 saturated heterocycles. The molecule has 0 aliphatic heterocycles. The number of nitrogens with zero attached hydrogens (tertiary/aromatic N) is 1. The van der Waals surface area contributed by atoms with Gasteiger partial charge in [-0.15, -0.1) is 0 Å². The zero-order valence-electron chi connectivity index (χ0n) is 17.1. The van der Waals surface area contributed by atoms with Crippen LogP contribution >= 0.6 is 23.2 Å². The molecule has 0 spiro atoms. The number of rotatable bonds is 6. The maximum atomic E-state index is 12.8. The molecule has 0 aliphatic carbocycles. The standard InChI is InChI=1S/C24H19Cl2N3O3/c1-14-17(12-21(30)28-13-15-6-2-3-11-27-15)16-7-4-10-20(23(16)32-14)29-24(31)22-18(25)8-5-9-19(22)26/h2-11H,12-13H2,1H3,(H,28,30)(H,29,31). The number of benzene rings is 2. The van der Waals surface area contributed by atoms with Gasteiger partial charge >= 0.3 is 0 Å². The van der Waals surface area contributed by atoms with Crippen LogP contribution in [0.4, 0.5) is 5.69 Å². The quantitative estimate of drug-likeness (QED) is 0.389. The molecule has 0 saturated carbocycles. The van der Waals surface area contributed by atoms with Crippen LogP contribution < -0.4 is 10.6 Å². The van der Waals surface area contributed by atoms with Crippen molar-refractivity contribution < 1.29 is 14.0 Å². The van der Waals surface area contributed by atoms with E-state index in [0.29, 0.717) is 23.6 Å². The fourth-order valence-corrected chi connectivity index (χ4v) is 3.99. The molecule has 6 nitrogen and oxygen atoms in total. The predicted octanol–water partition coefficient (Wildman–Crippen LogP) is 5.55. The normalized spacial score (nSPS) is 10.8. The SMILES string of the molecule is Cc1oc2c(NC(=O)c3c(Cl)cccc3Cl)cccc2c1CC(=O)NCc1ccccn1. The monoisotopic (exact) mass is 467 g/mol. The first-order valence-corrected chi connectivity index (χ1v) is 10.6. The number of aromatic nitrogens is 1. The van der Waals surface area contributed by atoms with Gasteiger partial charge < -0.3 is 15.1 Å². The van der Waals surface area contributed by atoms with Crippen LogP contribution in [0.15, 0.2) is 65.2 Å². The summed E-state index contributed by atoms with van der Waals surface area (Å²) >= 11 is 12.3. The third kappa shape index (κ3) is 4.61. The summed E-state index contributed by atoms with van der Waals surface area (Å²) < 4.78 is 5.92. The summed E-state index contributed by atoms with van der Waals surface area (Å²) in [4.78, 5) is 29.5. The zero-order valence-corrected chi connectivity index (χ0v) is 18.6. The lowest BCUT2D eigenvalue weighted by Gasteiger charge is -2.09.